The molecule has 0 aliphatic heterocycles. The van der Waals surface area contributed by atoms with E-state index in [-0.39, 0.29) is 37.1 Å². The Morgan fingerprint density at radius 2 is 2.04 bits per heavy atom. The van der Waals surface area contributed by atoms with E-state index in [0.29, 0.717) is 18.6 Å². The van der Waals surface area contributed by atoms with Crippen LogP contribution in [0.25, 0.3) is 0 Å². The Kier molecular flexibility index (Phi) is 8.69. The summed E-state index contributed by atoms with van der Waals surface area (Å²) in [6.07, 6.45) is 5.84. The molecule has 150 valence electrons. The Morgan fingerprint density at radius 1 is 1.29 bits per heavy atom. The summed E-state index contributed by atoms with van der Waals surface area (Å²) in [4.78, 5) is 22.6. The molecule has 28 heavy (non-hydrogen) atoms. The number of allylic oxidation sites excluding steroid dienone is 1. The summed E-state index contributed by atoms with van der Waals surface area (Å²) in [5.74, 6) is -0.999. The zero-order valence-corrected chi connectivity index (χ0v) is 15.6. The monoisotopic (exact) mass is 386 g/mol. The zero-order valence-electron chi connectivity index (χ0n) is 15.6. The molecule has 0 amide bonds. The van der Waals surface area contributed by atoms with Crippen LogP contribution in [0.4, 0.5) is 0 Å². The third kappa shape index (κ3) is 7.16. The van der Waals surface area contributed by atoms with Crippen LogP contribution in [0.1, 0.15) is 25.7 Å². The largest absolute Gasteiger partial charge is 0.491 e. The number of aliphatic carboxylic acids is 1. The lowest BCUT2D eigenvalue weighted by Gasteiger charge is -2.16. The average Bonchev–Trinajstić information content (AvgIpc) is 2.94. The van der Waals surface area contributed by atoms with Crippen LogP contribution in [-0.2, 0) is 9.59 Å². The summed E-state index contributed by atoms with van der Waals surface area (Å²) >= 11 is 0. The molecule has 1 aliphatic carbocycles. The summed E-state index contributed by atoms with van der Waals surface area (Å²) in [5.41, 5.74) is 2.89. The number of para-hydroxylation sites is 1. The molecule has 0 unspecified atom stereocenters. The van der Waals surface area contributed by atoms with Crippen LogP contribution < -0.4 is 4.74 Å². The SMILES string of the molecule is O=C(O)CCC=C=CC[C@@H]1C(=O)C[C@H](O)[C@H]1C=C[C@H](O)COc1ccccc1. The van der Waals surface area contributed by atoms with Gasteiger partial charge in [0.2, 0.25) is 0 Å². The van der Waals surface area contributed by atoms with Gasteiger partial charge in [0.25, 0.3) is 0 Å². The van der Waals surface area contributed by atoms with Crippen molar-refractivity contribution in [3.63, 3.8) is 0 Å². The molecule has 1 aromatic rings. The number of carboxylic acid groups (broad SMARTS) is 1. The molecule has 6 nitrogen and oxygen atoms in total. The molecule has 2 rings (SSSR count). The van der Waals surface area contributed by atoms with Crippen molar-refractivity contribution < 1.29 is 29.6 Å². The fraction of sp³-hybridized carbons (Fsp3) is 0.409. The molecule has 0 spiro atoms. The van der Waals surface area contributed by atoms with Crippen molar-refractivity contribution in [2.75, 3.05) is 6.61 Å². The third-order valence-electron chi connectivity index (χ3n) is 4.56. The first-order valence-corrected chi connectivity index (χ1v) is 9.33. The summed E-state index contributed by atoms with van der Waals surface area (Å²) in [6, 6.07) is 9.14. The molecule has 6 heteroatoms. The van der Waals surface area contributed by atoms with Crippen LogP contribution in [0.15, 0.2) is 60.4 Å². The highest BCUT2D eigenvalue weighted by Gasteiger charge is 2.39. The second-order valence-electron chi connectivity index (χ2n) is 6.74. The van der Waals surface area contributed by atoms with Gasteiger partial charge in [0.1, 0.15) is 24.2 Å². The maximum Gasteiger partial charge on any atom is 0.303 e. The molecule has 0 radical (unpaired) electrons. The second-order valence-corrected chi connectivity index (χ2v) is 6.74. The summed E-state index contributed by atoms with van der Waals surface area (Å²) in [7, 11) is 0. The van der Waals surface area contributed by atoms with Gasteiger partial charge in [0.05, 0.1) is 6.10 Å². The molecule has 1 aliphatic rings. The van der Waals surface area contributed by atoms with E-state index in [1.807, 2.05) is 18.2 Å². The van der Waals surface area contributed by atoms with Crippen LogP contribution in [0.2, 0.25) is 0 Å². The molecular formula is C22H26O6. The molecule has 3 N–H and O–H groups in total. The van der Waals surface area contributed by atoms with Gasteiger partial charge < -0.3 is 20.1 Å². The third-order valence-corrected chi connectivity index (χ3v) is 4.56. The van der Waals surface area contributed by atoms with E-state index in [1.165, 1.54) is 0 Å². The number of hydrogen-bond donors (Lipinski definition) is 3. The van der Waals surface area contributed by atoms with Crippen molar-refractivity contribution >= 4 is 11.8 Å². The Hall–Kier alpha value is -2.66. The molecule has 1 aromatic carbocycles. The average molecular weight is 386 g/mol. The van der Waals surface area contributed by atoms with Crippen molar-refractivity contribution in [2.24, 2.45) is 11.8 Å². The van der Waals surface area contributed by atoms with Gasteiger partial charge in [-0.1, -0.05) is 30.4 Å². The summed E-state index contributed by atoms with van der Waals surface area (Å²) < 4.78 is 5.48. The molecule has 0 bridgehead atoms. The van der Waals surface area contributed by atoms with Crippen LogP contribution in [0, 0.1) is 11.8 Å². The fourth-order valence-corrected chi connectivity index (χ4v) is 3.10. The molecule has 1 fully saturated rings. The molecule has 0 aromatic heterocycles. The Labute approximate surface area is 164 Å². The highest BCUT2D eigenvalue weighted by Crippen LogP contribution is 2.33. The van der Waals surface area contributed by atoms with Crippen LogP contribution in [0.5, 0.6) is 5.75 Å². The van der Waals surface area contributed by atoms with Crippen molar-refractivity contribution in [1.29, 1.82) is 0 Å². The van der Waals surface area contributed by atoms with Gasteiger partial charge in [-0.05, 0) is 37.1 Å². The first-order chi connectivity index (χ1) is 13.5. The van der Waals surface area contributed by atoms with Gasteiger partial charge in [-0.2, -0.15) is 0 Å². The van der Waals surface area contributed by atoms with E-state index in [9.17, 15) is 19.8 Å². The number of carbonyl (C=O) groups excluding carboxylic acids is 1. The Balaban J connectivity index is 1.87. The second kappa shape index (κ2) is 11.2. The zero-order chi connectivity index (χ0) is 20.4. The molecule has 0 heterocycles. The van der Waals surface area contributed by atoms with Crippen LogP contribution in [-0.4, -0.2) is 45.9 Å². The predicted molar refractivity (Wildman–Crippen MR) is 104 cm³/mol. The lowest BCUT2D eigenvalue weighted by molar-refractivity contribution is -0.136. The highest BCUT2D eigenvalue weighted by atomic mass is 16.5. The standard InChI is InChI=1S/C22H26O6/c23-16(15-28-17-8-4-3-5-9-17)12-13-19-18(20(24)14-21(19)25)10-6-1-2-7-11-22(26)27/h2-6,8-9,12-13,16,18-19,21,23,25H,7,10-11,14-15H2,(H,26,27)/t1?,16-,18-,19-,21-/m0/s1. The predicted octanol–water partition coefficient (Wildman–Crippen LogP) is 2.51. The topological polar surface area (TPSA) is 104 Å². The van der Waals surface area contributed by atoms with Gasteiger partial charge in [0.15, 0.2) is 0 Å². The van der Waals surface area contributed by atoms with E-state index in [0.717, 1.165) is 0 Å². The van der Waals surface area contributed by atoms with E-state index < -0.39 is 18.2 Å². The lowest BCUT2D eigenvalue weighted by Crippen LogP contribution is -2.20. The fourth-order valence-electron chi connectivity index (χ4n) is 3.10. The Morgan fingerprint density at radius 3 is 2.75 bits per heavy atom. The van der Waals surface area contributed by atoms with Gasteiger partial charge >= 0.3 is 5.97 Å². The van der Waals surface area contributed by atoms with E-state index in [1.54, 1.807) is 36.4 Å². The maximum atomic E-state index is 12.1. The number of aliphatic hydroxyl groups is 2. The number of aliphatic hydroxyl groups excluding tert-OH is 2. The minimum atomic E-state index is -0.868. The minimum absolute atomic E-state index is 0.0271. The van der Waals surface area contributed by atoms with E-state index >= 15 is 0 Å². The van der Waals surface area contributed by atoms with Gasteiger partial charge in [0, 0.05) is 24.7 Å². The number of Topliss-reactive ketones (excluding diaryl/α,β-unsaturated/α-hetero) is 1. The minimum Gasteiger partial charge on any atom is -0.491 e. The first-order valence-electron chi connectivity index (χ1n) is 9.33. The molecule has 1 saturated carbocycles. The quantitative estimate of drug-likeness (QED) is 0.422. The van der Waals surface area contributed by atoms with E-state index in [4.69, 9.17) is 9.84 Å². The Bertz CT molecular complexity index is 733. The van der Waals surface area contributed by atoms with Crippen molar-refractivity contribution in [2.45, 2.75) is 37.9 Å². The lowest BCUT2D eigenvalue weighted by atomic mass is 9.90. The van der Waals surface area contributed by atoms with Crippen LogP contribution >= 0.6 is 0 Å². The normalized spacial score (nSPS) is 22.6. The molecule has 0 saturated heterocycles. The maximum absolute atomic E-state index is 12.1. The number of carboxylic acids is 1. The van der Waals surface area contributed by atoms with Crippen molar-refractivity contribution in [1.82, 2.24) is 0 Å². The van der Waals surface area contributed by atoms with Gasteiger partial charge in [-0.15, -0.1) is 5.73 Å². The number of hydrogen-bond acceptors (Lipinski definition) is 5. The number of ketones is 1. The summed E-state index contributed by atoms with van der Waals surface area (Å²) in [5, 5.41) is 28.8. The highest BCUT2D eigenvalue weighted by molar-refractivity contribution is 5.84. The van der Waals surface area contributed by atoms with Gasteiger partial charge in [-0.25, -0.2) is 0 Å². The molecular weight excluding hydrogens is 360 g/mol. The van der Waals surface area contributed by atoms with Crippen molar-refractivity contribution in [3.05, 3.63) is 60.4 Å². The number of carbonyl (C=O) groups is 2. The van der Waals surface area contributed by atoms with E-state index in [2.05, 4.69) is 5.73 Å². The smallest absolute Gasteiger partial charge is 0.303 e. The molecule has 4 atom stereocenters. The number of benzene rings is 1. The first kappa shape index (κ1) is 21.6. The van der Waals surface area contributed by atoms with Crippen molar-refractivity contribution in [3.8, 4) is 5.75 Å². The number of rotatable bonds is 10. The van der Waals surface area contributed by atoms with Gasteiger partial charge in [-0.3, -0.25) is 9.59 Å². The summed E-state index contributed by atoms with van der Waals surface area (Å²) in [6.45, 7) is 0.0775. The van der Waals surface area contributed by atoms with Crippen LogP contribution in [0.3, 0.4) is 0 Å². The number of ether oxygens (including phenoxy) is 1.